The standard InChI is InChI=1S/C12H10ClN7O/c1-15-12(21)9-3-2-8(4-10(9)13)16-6-7(5-14)11-17-19-20-18-11/h2-4,6,16H,1H3,(H,15,21)(H,17,18,19,20). The Kier molecular flexibility index (Phi) is 4.48. The van der Waals surface area contributed by atoms with Gasteiger partial charge in [0.25, 0.3) is 5.91 Å². The molecule has 0 spiro atoms. The number of aromatic nitrogens is 4. The van der Waals surface area contributed by atoms with Crippen molar-refractivity contribution in [3.8, 4) is 6.07 Å². The maximum Gasteiger partial charge on any atom is 0.252 e. The van der Waals surface area contributed by atoms with E-state index in [9.17, 15) is 4.79 Å². The highest BCUT2D eigenvalue weighted by Gasteiger charge is 2.09. The summed E-state index contributed by atoms with van der Waals surface area (Å²) in [6.45, 7) is 0. The lowest BCUT2D eigenvalue weighted by Crippen LogP contribution is -2.18. The van der Waals surface area contributed by atoms with Gasteiger partial charge in [0.1, 0.15) is 11.6 Å². The summed E-state index contributed by atoms with van der Waals surface area (Å²) in [5.41, 5.74) is 1.19. The van der Waals surface area contributed by atoms with E-state index in [0.29, 0.717) is 16.3 Å². The number of H-pyrrole nitrogens is 1. The van der Waals surface area contributed by atoms with Crippen molar-refractivity contribution in [3.05, 3.63) is 40.8 Å². The van der Waals surface area contributed by atoms with Crippen molar-refractivity contribution in [2.24, 2.45) is 0 Å². The number of nitrogens with zero attached hydrogens (tertiary/aromatic N) is 4. The van der Waals surface area contributed by atoms with Crippen LogP contribution in [0.25, 0.3) is 5.57 Å². The minimum Gasteiger partial charge on any atom is -0.360 e. The largest absolute Gasteiger partial charge is 0.360 e. The van der Waals surface area contributed by atoms with E-state index in [4.69, 9.17) is 16.9 Å². The number of nitriles is 1. The van der Waals surface area contributed by atoms with E-state index >= 15 is 0 Å². The van der Waals surface area contributed by atoms with E-state index in [-0.39, 0.29) is 17.3 Å². The predicted molar refractivity (Wildman–Crippen MR) is 76.2 cm³/mol. The Morgan fingerprint density at radius 3 is 2.90 bits per heavy atom. The fourth-order valence-electron chi connectivity index (χ4n) is 1.50. The fraction of sp³-hybridized carbons (Fsp3) is 0.0833. The number of anilines is 1. The third-order valence-corrected chi connectivity index (χ3v) is 2.84. The normalized spacial score (nSPS) is 10.8. The van der Waals surface area contributed by atoms with Crippen LogP contribution in [0.3, 0.4) is 0 Å². The summed E-state index contributed by atoms with van der Waals surface area (Å²) >= 11 is 6.03. The Hall–Kier alpha value is -2.92. The van der Waals surface area contributed by atoms with Crippen LogP contribution in [0.1, 0.15) is 16.2 Å². The number of carbonyl (C=O) groups excluding carboxylic acids is 1. The zero-order chi connectivity index (χ0) is 15.2. The Morgan fingerprint density at radius 1 is 1.52 bits per heavy atom. The number of benzene rings is 1. The number of halogens is 1. The molecular weight excluding hydrogens is 294 g/mol. The van der Waals surface area contributed by atoms with Crippen LogP contribution in [0.15, 0.2) is 24.4 Å². The highest BCUT2D eigenvalue weighted by Crippen LogP contribution is 2.21. The van der Waals surface area contributed by atoms with Crippen LogP contribution in [0, 0.1) is 11.3 Å². The first kappa shape index (κ1) is 14.5. The minimum atomic E-state index is -0.272. The van der Waals surface area contributed by atoms with Crippen LogP contribution in [0.5, 0.6) is 0 Å². The number of tetrazole rings is 1. The van der Waals surface area contributed by atoms with Crippen molar-refractivity contribution in [2.75, 3.05) is 12.4 Å². The molecule has 1 heterocycles. The molecule has 0 atom stereocenters. The summed E-state index contributed by atoms with van der Waals surface area (Å²) in [6.07, 6.45) is 1.43. The number of nitrogens with one attached hydrogen (secondary N) is 3. The molecule has 2 rings (SSSR count). The molecule has 2 aromatic rings. The molecule has 1 aromatic heterocycles. The first-order valence-electron chi connectivity index (χ1n) is 5.78. The molecular formula is C12H10ClN7O. The second-order valence-electron chi connectivity index (χ2n) is 3.82. The van der Waals surface area contributed by atoms with Crippen molar-refractivity contribution >= 4 is 28.8 Å². The fourth-order valence-corrected chi connectivity index (χ4v) is 1.77. The predicted octanol–water partition coefficient (Wildman–Crippen LogP) is 1.19. The van der Waals surface area contributed by atoms with Crippen LogP contribution >= 0.6 is 11.6 Å². The van der Waals surface area contributed by atoms with Gasteiger partial charge in [0.15, 0.2) is 0 Å². The Morgan fingerprint density at radius 2 is 2.33 bits per heavy atom. The average Bonchev–Trinajstić information content (AvgIpc) is 3.01. The summed E-state index contributed by atoms with van der Waals surface area (Å²) in [4.78, 5) is 11.5. The SMILES string of the molecule is CNC(=O)c1ccc(NC=C(C#N)c2nn[nH]n2)cc1Cl. The zero-order valence-corrected chi connectivity index (χ0v) is 11.6. The van der Waals surface area contributed by atoms with Gasteiger partial charge >= 0.3 is 0 Å². The molecule has 1 amide bonds. The number of allylic oxidation sites excluding steroid dienone is 1. The maximum atomic E-state index is 11.5. The number of rotatable bonds is 4. The molecule has 0 saturated heterocycles. The summed E-state index contributed by atoms with van der Waals surface area (Å²) in [6, 6.07) is 6.77. The van der Waals surface area contributed by atoms with Crippen molar-refractivity contribution in [2.45, 2.75) is 0 Å². The van der Waals surface area contributed by atoms with Crippen LogP contribution in [0.4, 0.5) is 5.69 Å². The summed E-state index contributed by atoms with van der Waals surface area (Å²) in [7, 11) is 1.53. The van der Waals surface area contributed by atoms with E-state index < -0.39 is 0 Å². The molecule has 0 aliphatic carbocycles. The molecule has 0 fully saturated rings. The van der Waals surface area contributed by atoms with Gasteiger partial charge in [0.2, 0.25) is 5.82 Å². The Balaban J connectivity index is 2.19. The first-order valence-corrected chi connectivity index (χ1v) is 6.15. The molecule has 3 N–H and O–H groups in total. The summed E-state index contributed by atoms with van der Waals surface area (Å²) in [5.74, 6) is -0.0929. The van der Waals surface area contributed by atoms with Crippen molar-refractivity contribution in [1.82, 2.24) is 25.9 Å². The quantitative estimate of drug-likeness (QED) is 0.730. The highest BCUT2D eigenvalue weighted by molar-refractivity contribution is 6.34. The monoisotopic (exact) mass is 303 g/mol. The van der Waals surface area contributed by atoms with E-state index in [0.717, 1.165) is 0 Å². The molecule has 0 aliphatic heterocycles. The molecule has 21 heavy (non-hydrogen) atoms. The second kappa shape index (κ2) is 6.49. The molecule has 0 radical (unpaired) electrons. The molecule has 106 valence electrons. The lowest BCUT2D eigenvalue weighted by atomic mass is 10.2. The third kappa shape index (κ3) is 3.34. The van der Waals surface area contributed by atoms with Crippen LogP contribution < -0.4 is 10.6 Å². The van der Waals surface area contributed by atoms with Crippen molar-refractivity contribution in [1.29, 1.82) is 5.26 Å². The Bertz CT molecular complexity index is 718. The Labute approximate surface area is 124 Å². The summed E-state index contributed by atoms with van der Waals surface area (Å²) < 4.78 is 0. The van der Waals surface area contributed by atoms with E-state index in [1.807, 2.05) is 6.07 Å². The molecule has 8 nitrogen and oxygen atoms in total. The van der Waals surface area contributed by atoms with Crippen LogP contribution in [0.2, 0.25) is 5.02 Å². The second-order valence-corrected chi connectivity index (χ2v) is 4.23. The molecule has 1 aromatic carbocycles. The van der Waals surface area contributed by atoms with Gasteiger partial charge in [0.05, 0.1) is 10.6 Å². The van der Waals surface area contributed by atoms with Gasteiger partial charge in [-0.15, -0.1) is 10.2 Å². The van der Waals surface area contributed by atoms with Crippen LogP contribution in [-0.4, -0.2) is 33.6 Å². The number of hydrogen-bond donors (Lipinski definition) is 3. The van der Waals surface area contributed by atoms with E-state index in [1.165, 1.54) is 13.2 Å². The molecule has 0 saturated carbocycles. The third-order valence-electron chi connectivity index (χ3n) is 2.53. The summed E-state index contributed by atoms with van der Waals surface area (Å²) in [5, 5.41) is 27.8. The topological polar surface area (TPSA) is 119 Å². The van der Waals surface area contributed by atoms with Crippen LogP contribution in [-0.2, 0) is 0 Å². The lowest BCUT2D eigenvalue weighted by Gasteiger charge is -2.06. The number of aromatic amines is 1. The lowest BCUT2D eigenvalue weighted by molar-refractivity contribution is 0.0963. The van der Waals surface area contributed by atoms with Gasteiger partial charge in [0, 0.05) is 18.9 Å². The van der Waals surface area contributed by atoms with Crippen molar-refractivity contribution in [3.63, 3.8) is 0 Å². The van der Waals surface area contributed by atoms with Gasteiger partial charge in [-0.05, 0) is 23.4 Å². The van der Waals surface area contributed by atoms with Gasteiger partial charge in [-0.2, -0.15) is 10.5 Å². The minimum absolute atomic E-state index is 0.179. The number of hydrogen-bond acceptors (Lipinski definition) is 6. The number of carbonyl (C=O) groups is 1. The van der Waals surface area contributed by atoms with Gasteiger partial charge in [-0.1, -0.05) is 11.6 Å². The molecule has 0 unspecified atom stereocenters. The number of amides is 1. The smallest absolute Gasteiger partial charge is 0.252 e. The van der Waals surface area contributed by atoms with E-state index in [1.54, 1.807) is 18.2 Å². The van der Waals surface area contributed by atoms with Gasteiger partial charge in [-0.25, -0.2) is 0 Å². The van der Waals surface area contributed by atoms with Crippen molar-refractivity contribution < 1.29 is 4.79 Å². The first-order chi connectivity index (χ1) is 10.2. The average molecular weight is 304 g/mol. The molecule has 0 bridgehead atoms. The van der Waals surface area contributed by atoms with E-state index in [2.05, 4.69) is 31.3 Å². The van der Waals surface area contributed by atoms with Gasteiger partial charge in [-0.3, -0.25) is 4.79 Å². The zero-order valence-electron chi connectivity index (χ0n) is 10.9. The van der Waals surface area contributed by atoms with Gasteiger partial charge < -0.3 is 10.6 Å². The molecule has 0 aliphatic rings. The highest BCUT2D eigenvalue weighted by atomic mass is 35.5. The maximum absolute atomic E-state index is 11.5. The molecule has 9 heteroatoms.